The molecule has 0 amide bonds. The maximum Gasteiger partial charge on any atom is 0.196 e. The van der Waals surface area contributed by atoms with E-state index in [1.54, 1.807) is 0 Å². The highest BCUT2D eigenvalue weighted by atomic mass is 35.5. The number of benzene rings is 1. The van der Waals surface area contributed by atoms with E-state index in [0.29, 0.717) is 11.9 Å². The highest BCUT2D eigenvalue weighted by Gasteiger charge is 2.47. The zero-order valence-corrected chi connectivity index (χ0v) is 13.6. The third kappa shape index (κ3) is 2.52. The molecule has 1 saturated carbocycles. The summed E-state index contributed by atoms with van der Waals surface area (Å²) < 4.78 is 0. The minimum absolute atomic E-state index is 0.0300. The number of guanidine groups is 1. The van der Waals surface area contributed by atoms with Crippen molar-refractivity contribution in [2.24, 2.45) is 22.6 Å². The molecule has 1 heterocycles. The number of hydrogen-bond donors (Lipinski definition) is 1. The van der Waals surface area contributed by atoms with Crippen LogP contribution in [0.3, 0.4) is 0 Å². The summed E-state index contributed by atoms with van der Waals surface area (Å²) in [6, 6.07) is 7.96. The predicted octanol–water partition coefficient (Wildman–Crippen LogP) is 4.06. The van der Waals surface area contributed by atoms with Crippen molar-refractivity contribution in [3.63, 3.8) is 0 Å². The van der Waals surface area contributed by atoms with Crippen LogP contribution < -0.4 is 10.6 Å². The van der Waals surface area contributed by atoms with Crippen LogP contribution in [0.2, 0.25) is 5.02 Å². The van der Waals surface area contributed by atoms with E-state index in [1.807, 2.05) is 18.2 Å². The molecule has 21 heavy (non-hydrogen) atoms. The van der Waals surface area contributed by atoms with Crippen molar-refractivity contribution < 1.29 is 0 Å². The van der Waals surface area contributed by atoms with Crippen LogP contribution in [0.25, 0.3) is 0 Å². The van der Waals surface area contributed by atoms with Crippen molar-refractivity contribution in [1.82, 2.24) is 0 Å². The largest absolute Gasteiger partial charge is 0.369 e. The molecule has 1 aliphatic carbocycles. The Morgan fingerprint density at radius 3 is 2.86 bits per heavy atom. The van der Waals surface area contributed by atoms with E-state index in [-0.39, 0.29) is 5.54 Å². The fourth-order valence-electron chi connectivity index (χ4n) is 3.93. The van der Waals surface area contributed by atoms with Crippen molar-refractivity contribution in [3.05, 3.63) is 29.3 Å². The maximum atomic E-state index is 6.42. The number of nitrogens with zero attached hydrogens (tertiary/aromatic N) is 2. The Labute approximate surface area is 132 Å². The molecule has 0 aromatic heterocycles. The third-order valence-corrected chi connectivity index (χ3v) is 5.45. The van der Waals surface area contributed by atoms with E-state index in [0.717, 1.165) is 36.0 Å². The molecule has 4 heteroatoms. The molecule has 3 nitrogen and oxygen atoms in total. The second-order valence-electron chi connectivity index (χ2n) is 6.79. The summed E-state index contributed by atoms with van der Waals surface area (Å²) in [6.07, 6.45) is 4.86. The van der Waals surface area contributed by atoms with Gasteiger partial charge < -0.3 is 10.6 Å². The Hall–Kier alpha value is -1.22. The first-order valence-corrected chi connectivity index (χ1v) is 8.26. The van der Waals surface area contributed by atoms with Gasteiger partial charge in [0.2, 0.25) is 0 Å². The molecular weight excluding hydrogens is 282 g/mol. The Morgan fingerprint density at radius 1 is 1.38 bits per heavy atom. The summed E-state index contributed by atoms with van der Waals surface area (Å²) in [7, 11) is 0. The molecule has 3 rings (SSSR count). The van der Waals surface area contributed by atoms with Crippen LogP contribution in [0.5, 0.6) is 0 Å². The third-order valence-electron chi connectivity index (χ3n) is 5.13. The molecule has 2 unspecified atom stereocenters. The van der Waals surface area contributed by atoms with Crippen molar-refractivity contribution in [2.75, 3.05) is 11.4 Å². The summed E-state index contributed by atoms with van der Waals surface area (Å²) in [5, 5.41) is 0.753. The molecule has 1 aromatic carbocycles. The van der Waals surface area contributed by atoms with Gasteiger partial charge in [0.1, 0.15) is 0 Å². The monoisotopic (exact) mass is 305 g/mol. The van der Waals surface area contributed by atoms with Crippen LogP contribution in [-0.4, -0.2) is 18.0 Å². The molecule has 0 saturated heterocycles. The van der Waals surface area contributed by atoms with Gasteiger partial charge in [0.25, 0.3) is 0 Å². The Kier molecular flexibility index (Phi) is 3.87. The lowest BCUT2D eigenvalue weighted by Gasteiger charge is -2.46. The molecule has 0 radical (unpaired) electrons. The standard InChI is InChI=1S/C17H24ClN3/c1-12(2)13-6-5-9-17(10-13)11-20-16(19)21(17)15-8-4-3-7-14(15)18/h3-4,7-8,12-13H,5-6,9-11H2,1-2H3,(H2,19,20). The average molecular weight is 306 g/mol. The summed E-state index contributed by atoms with van der Waals surface area (Å²) in [6.45, 7) is 5.44. The van der Waals surface area contributed by atoms with E-state index in [4.69, 9.17) is 17.3 Å². The van der Waals surface area contributed by atoms with Crippen LogP contribution in [0.4, 0.5) is 5.69 Å². The lowest BCUT2D eigenvalue weighted by atomic mass is 9.71. The van der Waals surface area contributed by atoms with Crippen molar-refractivity contribution in [1.29, 1.82) is 0 Å². The van der Waals surface area contributed by atoms with Crippen LogP contribution in [0.15, 0.2) is 29.3 Å². The number of anilines is 1. The lowest BCUT2D eigenvalue weighted by Crippen LogP contribution is -2.55. The zero-order valence-electron chi connectivity index (χ0n) is 12.8. The van der Waals surface area contributed by atoms with E-state index in [2.05, 4.69) is 29.8 Å². The maximum absolute atomic E-state index is 6.42. The quantitative estimate of drug-likeness (QED) is 0.895. The molecule has 1 spiro atoms. The number of rotatable bonds is 2. The number of aliphatic imine (C=N–C) groups is 1. The summed E-state index contributed by atoms with van der Waals surface area (Å²) in [4.78, 5) is 6.78. The van der Waals surface area contributed by atoms with Crippen LogP contribution >= 0.6 is 11.6 Å². The minimum Gasteiger partial charge on any atom is -0.369 e. The summed E-state index contributed by atoms with van der Waals surface area (Å²) >= 11 is 6.42. The van der Waals surface area contributed by atoms with Crippen LogP contribution in [-0.2, 0) is 0 Å². The van der Waals surface area contributed by atoms with Crippen molar-refractivity contribution in [3.8, 4) is 0 Å². The zero-order chi connectivity index (χ0) is 15.0. The Morgan fingerprint density at radius 2 is 2.14 bits per heavy atom. The highest BCUT2D eigenvalue weighted by Crippen LogP contribution is 2.45. The topological polar surface area (TPSA) is 41.6 Å². The predicted molar refractivity (Wildman–Crippen MR) is 89.9 cm³/mol. The molecule has 0 bridgehead atoms. The first-order valence-electron chi connectivity index (χ1n) is 7.88. The van der Waals surface area contributed by atoms with Crippen molar-refractivity contribution >= 4 is 23.2 Å². The fourth-order valence-corrected chi connectivity index (χ4v) is 4.15. The Balaban J connectivity index is 1.97. The number of nitrogens with two attached hydrogens (primary N) is 1. The van der Waals surface area contributed by atoms with E-state index < -0.39 is 0 Å². The molecule has 114 valence electrons. The minimum atomic E-state index is 0.0300. The summed E-state index contributed by atoms with van der Waals surface area (Å²) in [5.74, 6) is 2.06. The smallest absolute Gasteiger partial charge is 0.196 e. The number of halogens is 1. The number of para-hydroxylation sites is 1. The molecule has 1 aromatic rings. The van der Waals surface area contributed by atoms with E-state index >= 15 is 0 Å². The van der Waals surface area contributed by atoms with Gasteiger partial charge in [-0.2, -0.15) is 0 Å². The van der Waals surface area contributed by atoms with Gasteiger partial charge in [-0.05, 0) is 36.8 Å². The normalized spacial score (nSPS) is 29.2. The van der Waals surface area contributed by atoms with Gasteiger partial charge in [0.15, 0.2) is 5.96 Å². The summed E-state index contributed by atoms with van der Waals surface area (Å²) in [5.41, 5.74) is 7.26. The van der Waals surface area contributed by atoms with Crippen molar-refractivity contribution in [2.45, 2.75) is 45.1 Å². The van der Waals surface area contributed by atoms with Crippen LogP contribution in [0, 0.1) is 11.8 Å². The molecule has 2 aliphatic rings. The van der Waals surface area contributed by atoms with Crippen LogP contribution in [0.1, 0.15) is 39.5 Å². The SMILES string of the molecule is CC(C)C1CCCC2(CN=C(N)N2c2ccccc2Cl)C1. The van der Waals surface area contributed by atoms with Gasteiger partial charge in [0.05, 0.1) is 22.8 Å². The molecular formula is C17H24ClN3. The van der Waals surface area contributed by atoms with Gasteiger partial charge in [0, 0.05) is 0 Å². The molecule has 1 fully saturated rings. The number of hydrogen-bond acceptors (Lipinski definition) is 3. The molecule has 2 atom stereocenters. The molecule has 2 N–H and O–H groups in total. The highest BCUT2D eigenvalue weighted by molar-refractivity contribution is 6.34. The molecule has 1 aliphatic heterocycles. The lowest BCUT2D eigenvalue weighted by molar-refractivity contribution is 0.195. The van der Waals surface area contributed by atoms with Gasteiger partial charge >= 0.3 is 0 Å². The second-order valence-corrected chi connectivity index (χ2v) is 7.19. The van der Waals surface area contributed by atoms with E-state index in [9.17, 15) is 0 Å². The van der Waals surface area contributed by atoms with Gasteiger partial charge in [-0.15, -0.1) is 0 Å². The van der Waals surface area contributed by atoms with Gasteiger partial charge in [-0.1, -0.05) is 50.4 Å². The Bertz CT molecular complexity index is 555. The van der Waals surface area contributed by atoms with E-state index in [1.165, 1.54) is 12.8 Å². The average Bonchev–Trinajstić information content (AvgIpc) is 2.76. The fraction of sp³-hybridized carbons (Fsp3) is 0.588. The first-order chi connectivity index (χ1) is 10.0. The van der Waals surface area contributed by atoms with Gasteiger partial charge in [-0.25, -0.2) is 0 Å². The second kappa shape index (κ2) is 5.53. The van der Waals surface area contributed by atoms with Gasteiger partial charge in [-0.3, -0.25) is 4.99 Å². The first kappa shape index (κ1) is 14.7.